The molecule has 1 saturated heterocycles. The number of likely N-dealkylation sites (tertiary alicyclic amines) is 1. The summed E-state index contributed by atoms with van der Waals surface area (Å²) in [6, 6.07) is 14.5. The van der Waals surface area contributed by atoms with Gasteiger partial charge in [-0.2, -0.15) is 0 Å². The number of carbonyl (C=O) groups is 2. The van der Waals surface area contributed by atoms with Crippen molar-refractivity contribution < 1.29 is 19.4 Å². The molecule has 1 atom stereocenters. The van der Waals surface area contributed by atoms with E-state index in [0.717, 1.165) is 44.5 Å². The molecule has 1 aliphatic heterocycles. The van der Waals surface area contributed by atoms with E-state index in [2.05, 4.69) is 46.4 Å². The van der Waals surface area contributed by atoms with E-state index in [1.807, 2.05) is 24.3 Å². The molecule has 2 aromatic carbocycles. The van der Waals surface area contributed by atoms with Gasteiger partial charge in [0, 0.05) is 12.1 Å². The smallest absolute Gasteiger partial charge is 0.295 e. The standard InChI is InChI=1S/C32H44N2O4/c1-7-10-22-38-26-18-14-24(15-19-26)29(35)27-28(23-12-16-25(17-13-23)32(4,5)6)34(31(37)30(27)36)21-11-20-33(8-2)9-3/h12-19,28,35H,7-11,20-22H2,1-6H3/t28-/m1/s1. The number of aliphatic hydroxyl groups is 1. The molecule has 0 bridgehead atoms. The van der Waals surface area contributed by atoms with Crippen LogP contribution in [0, 0.1) is 0 Å². The minimum absolute atomic E-state index is 0.0228. The van der Waals surface area contributed by atoms with E-state index < -0.39 is 17.7 Å². The monoisotopic (exact) mass is 520 g/mol. The number of Topliss-reactive ketones (excluding diaryl/α,β-unsaturated/α-hetero) is 1. The van der Waals surface area contributed by atoms with Crippen LogP contribution in [0.1, 0.15) is 83.5 Å². The lowest BCUT2D eigenvalue weighted by atomic mass is 9.85. The Balaban J connectivity index is 1.99. The summed E-state index contributed by atoms with van der Waals surface area (Å²) < 4.78 is 5.74. The fraction of sp³-hybridized carbons (Fsp3) is 0.500. The van der Waals surface area contributed by atoms with Crippen molar-refractivity contribution in [1.29, 1.82) is 0 Å². The van der Waals surface area contributed by atoms with Gasteiger partial charge in [0.1, 0.15) is 11.5 Å². The molecule has 1 fully saturated rings. The number of rotatable bonds is 12. The maximum Gasteiger partial charge on any atom is 0.295 e. The predicted octanol–water partition coefficient (Wildman–Crippen LogP) is 6.32. The maximum absolute atomic E-state index is 13.3. The SMILES string of the molecule is CCCCOc1ccc(C(O)=C2C(=O)C(=O)N(CCCN(CC)CC)[C@@H]2c2ccc(C(C)(C)C)cc2)cc1. The fourth-order valence-electron chi connectivity index (χ4n) is 4.83. The van der Waals surface area contributed by atoms with Crippen LogP contribution >= 0.6 is 0 Å². The Hall–Kier alpha value is -3.12. The minimum Gasteiger partial charge on any atom is -0.507 e. The lowest BCUT2D eigenvalue weighted by Gasteiger charge is -2.27. The normalized spacial score (nSPS) is 17.4. The zero-order valence-corrected chi connectivity index (χ0v) is 23.9. The highest BCUT2D eigenvalue weighted by Crippen LogP contribution is 2.40. The van der Waals surface area contributed by atoms with Gasteiger partial charge in [-0.25, -0.2) is 0 Å². The Labute approximate surface area is 228 Å². The third kappa shape index (κ3) is 6.84. The van der Waals surface area contributed by atoms with Gasteiger partial charge < -0.3 is 19.6 Å². The molecular formula is C32H44N2O4. The number of unbranched alkanes of at least 4 members (excludes halogenated alkanes) is 1. The van der Waals surface area contributed by atoms with Gasteiger partial charge in [-0.3, -0.25) is 9.59 Å². The number of nitrogens with zero attached hydrogens (tertiary/aromatic N) is 2. The molecule has 38 heavy (non-hydrogen) atoms. The van der Waals surface area contributed by atoms with Gasteiger partial charge in [0.05, 0.1) is 18.2 Å². The Bertz CT molecular complexity index is 1110. The zero-order chi connectivity index (χ0) is 27.9. The van der Waals surface area contributed by atoms with E-state index in [9.17, 15) is 14.7 Å². The van der Waals surface area contributed by atoms with Gasteiger partial charge in [-0.1, -0.05) is 72.2 Å². The van der Waals surface area contributed by atoms with Crippen LogP contribution in [0.15, 0.2) is 54.1 Å². The van der Waals surface area contributed by atoms with Crippen molar-refractivity contribution in [2.75, 3.05) is 32.8 Å². The number of hydrogen-bond donors (Lipinski definition) is 1. The highest BCUT2D eigenvalue weighted by atomic mass is 16.5. The van der Waals surface area contributed by atoms with Crippen molar-refractivity contribution in [3.8, 4) is 5.75 Å². The van der Waals surface area contributed by atoms with Crippen molar-refractivity contribution in [3.05, 3.63) is 70.8 Å². The van der Waals surface area contributed by atoms with Crippen LogP contribution < -0.4 is 4.74 Å². The van der Waals surface area contributed by atoms with E-state index in [1.54, 1.807) is 29.2 Å². The Morgan fingerprint density at radius 1 is 0.947 bits per heavy atom. The van der Waals surface area contributed by atoms with Crippen LogP contribution in [0.4, 0.5) is 0 Å². The average Bonchev–Trinajstić information content (AvgIpc) is 3.16. The summed E-state index contributed by atoms with van der Waals surface area (Å²) in [6.45, 7) is 16.6. The van der Waals surface area contributed by atoms with E-state index in [0.29, 0.717) is 24.5 Å². The maximum atomic E-state index is 13.3. The molecule has 1 N–H and O–H groups in total. The third-order valence-electron chi connectivity index (χ3n) is 7.29. The van der Waals surface area contributed by atoms with Gasteiger partial charge >= 0.3 is 0 Å². The number of ketones is 1. The molecule has 6 heteroatoms. The summed E-state index contributed by atoms with van der Waals surface area (Å²) in [5.74, 6) is -0.644. The summed E-state index contributed by atoms with van der Waals surface area (Å²) >= 11 is 0. The summed E-state index contributed by atoms with van der Waals surface area (Å²) in [4.78, 5) is 30.6. The second kappa shape index (κ2) is 13.1. The molecular weight excluding hydrogens is 476 g/mol. The number of carbonyl (C=O) groups excluding carboxylic acids is 2. The molecule has 0 aromatic heterocycles. The highest BCUT2D eigenvalue weighted by Gasteiger charge is 2.45. The Morgan fingerprint density at radius 3 is 2.13 bits per heavy atom. The van der Waals surface area contributed by atoms with Crippen LogP contribution in [0.25, 0.3) is 5.76 Å². The Kier molecular flexibility index (Phi) is 10.1. The number of benzene rings is 2. The van der Waals surface area contributed by atoms with Crippen LogP contribution in [0.3, 0.4) is 0 Å². The van der Waals surface area contributed by atoms with Crippen molar-refractivity contribution in [2.45, 2.75) is 72.3 Å². The molecule has 206 valence electrons. The first-order valence-electron chi connectivity index (χ1n) is 14.0. The molecule has 1 amide bonds. The van der Waals surface area contributed by atoms with Gasteiger partial charge in [0.25, 0.3) is 11.7 Å². The van der Waals surface area contributed by atoms with E-state index >= 15 is 0 Å². The molecule has 0 saturated carbocycles. The third-order valence-corrected chi connectivity index (χ3v) is 7.29. The van der Waals surface area contributed by atoms with Gasteiger partial charge in [0.15, 0.2) is 0 Å². The van der Waals surface area contributed by atoms with Gasteiger partial charge in [-0.15, -0.1) is 0 Å². The van der Waals surface area contributed by atoms with Crippen molar-refractivity contribution >= 4 is 17.4 Å². The molecule has 0 radical (unpaired) electrons. The van der Waals surface area contributed by atoms with Crippen molar-refractivity contribution in [2.24, 2.45) is 0 Å². The first-order chi connectivity index (χ1) is 18.1. The zero-order valence-electron chi connectivity index (χ0n) is 23.9. The lowest BCUT2D eigenvalue weighted by molar-refractivity contribution is -0.140. The fourth-order valence-corrected chi connectivity index (χ4v) is 4.83. The van der Waals surface area contributed by atoms with Crippen LogP contribution in [-0.4, -0.2) is 59.4 Å². The van der Waals surface area contributed by atoms with E-state index in [4.69, 9.17) is 4.74 Å². The topological polar surface area (TPSA) is 70.1 Å². The van der Waals surface area contributed by atoms with Gasteiger partial charge in [0.2, 0.25) is 0 Å². The predicted molar refractivity (Wildman–Crippen MR) is 153 cm³/mol. The number of ether oxygens (including phenoxy) is 1. The highest BCUT2D eigenvalue weighted by molar-refractivity contribution is 6.46. The molecule has 0 spiro atoms. The molecule has 0 aliphatic carbocycles. The van der Waals surface area contributed by atoms with E-state index in [1.165, 1.54) is 5.56 Å². The quantitative estimate of drug-likeness (QED) is 0.154. The van der Waals surface area contributed by atoms with Crippen LogP contribution in [-0.2, 0) is 15.0 Å². The molecule has 1 heterocycles. The molecule has 0 unspecified atom stereocenters. The first-order valence-corrected chi connectivity index (χ1v) is 14.0. The molecule has 1 aliphatic rings. The van der Waals surface area contributed by atoms with Crippen LogP contribution in [0.2, 0.25) is 0 Å². The van der Waals surface area contributed by atoms with E-state index in [-0.39, 0.29) is 16.7 Å². The largest absolute Gasteiger partial charge is 0.507 e. The summed E-state index contributed by atoms with van der Waals surface area (Å²) in [7, 11) is 0. The minimum atomic E-state index is -0.640. The van der Waals surface area contributed by atoms with Crippen LogP contribution in [0.5, 0.6) is 5.75 Å². The summed E-state index contributed by atoms with van der Waals surface area (Å²) in [5, 5.41) is 11.4. The van der Waals surface area contributed by atoms with Crippen molar-refractivity contribution in [1.82, 2.24) is 9.80 Å². The number of amides is 1. The second-order valence-corrected chi connectivity index (χ2v) is 11.0. The Morgan fingerprint density at radius 2 is 1.58 bits per heavy atom. The lowest BCUT2D eigenvalue weighted by Crippen LogP contribution is -2.33. The number of hydrogen-bond acceptors (Lipinski definition) is 5. The molecule has 3 rings (SSSR count). The average molecular weight is 521 g/mol. The van der Waals surface area contributed by atoms with Crippen molar-refractivity contribution in [3.63, 3.8) is 0 Å². The first kappa shape index (κ1) is 29.4. The van der Waals surface area contributed by atoms with Gasteiger partial charge in [-0.05, 0) is 73.3 Å². The summed E-state index contributed by atoms with van der Waals surface area (Å²) in [6.07, 6.45) is 2.76. The number of aliphatic hydroxyl groups excluding tert-OH is 1. The second-order valence-electron chi connectivity index (χ2n) is 11.0. The molecule has 6 nitrogen and oxygen atoms in total. The summed E-state index contributed by atoms with van der Waals surface area (Å²) in [5.41, 5.74) is 2.59. The molecule has 2 aromatic rings.